The van der Waals surface area contributed by atoms with Crippen molar-refractivity contribution in [1.29, 1.82) is 10.5 Å². The molecule has 2 aliphatic rings. The van der Waals surface area contributed by atoms with E-state index in [-0.39, 0.29) is 12.1 Å². The van der Waals surface area contributed by atoms with Crippen molar-refractivity contribution in [1.82, 2.24) is 13.7 Å². The molecule has 8 heteroatoms. The summed E-state index contributed by atoms with van der Waals surface area (Å²) in [4.78, 5) is 2.50. The lowest BCUT2D eigenvalue weighted by Gasteiger charge is -2.41. The lowest BCUT2D eigenvalue weighted by atomic mass is 9.34. The highest BCUT2D eigenvalue weighted by atomic mass is 16.5. The van der Waals surface area contributed by atoms with E-state index in [0.29, 0.717) is 11.1 Å². The number of hydrogen-bond donors (Lipinski definition) is 0. The molecule has 18 rings (SSSR count). The highest BCUT2D eigenvalue weighted by Gasteiger charge is 2.44. The molecule has 0 spiro atoms. The Morgan fingerprint density at radius 1 is 0.337 bits per heavy atom. The van der Waals surface area contributed by atoms with Crippen LogP contribution in [0.1, 0.15) is 37.5 Å². The molecule has 0 N–H and O–H groups in total. The Morgan fingerprint density at radius 3 is 1.26 bits per heavy atom. The van der Waals surface area contributed by atoms with Gasteiger partial charge in [-0.2, -0.15) is 10.5 Å². The maximum absolute atomic E-state index is 10.8. The summed E-state index contributed by atoms with van der Waals surface area (Å²) < 4.78 is 14.7. The van der Waals surface area contributed by atoms with E-state index in [4.69, 9.17) is 4.74 Å². The number of rotatable bonds is 7. The van der Waals surface area contributed by atoms with Gasteiger partial charge in [-0.3, -0.25) is 0 Å². The summed E-state index contributed by atoms with van der Waals surface area (Å²) in [5, 5.41) is 28.4. The Hall–Kier alpha value is -12.1. The summed E-state index contributed by atoms with van der Waals surface area (Å²) in [5.41, 5.74) is 23.8. The number of fused-ring (bicyclic) bond motifs is 13. The first-order valence-electron chi connectivity index (χ1n) is 31.4. The van der Waals surface area contributed by atoms with Gasteiger partial charge in [0.2, 0.25) is 0 Å². The maximum Gasteiger partial charge on any atom is 0.256 e. The third-order valence-corrected chi connectivity index (χ3v) is 19.3. The minimum atomic E-state index is -0.302. The van der Waals surface area contributed by atoms with Crippen LogP contribution < -0.4 is 26.0 Å². The lowest BCUT2D eigenvalue weighted by Crippen LogP contribution is -2.59. The average Bonchev–Trinajstić information content (AvgIpc) is 1.01. The van der Waals surface area contributed by atoms with Crippen molar-refractivity contribution in [3.05, 3.63) is 296 Å². The lowest BCUT2D eigenvalue weighted by molar-refractivity contribution is 0.487. The van der Waals surface area contributed by atoms with Gasteiger partial charge in [0.15, 0.2) is 0 Å². The first-order valence-corrected chi connectivity index (χ1v) is 31.4. The van der Waals surface area contributed by atoms with Crippen LogP contribution in [0.3, 0.4) is 0 Å². The Balaban J connectivity index is 0.934. The van der Waals surface area contributed by atoms with Gasteiger partial charge < -0.3 is 23.3 Å². The zero-order valence-electron chi connectivity index (χ0n) is 50.7. The van der Waals surface area contributed by atoms with E-state index < -0.39 is 0 Å². The largest absolute Gasteiger partial charge is 0.458 e. The van der Waals surface area contributed by atoms with Crippen molar-refractivity contribution in [2.45, 2.75) is 26.2 Å². The number of benzene rings is 13. The van der Waals surface area contributed by atoms with Crippen LogP contribution in [0.4, 0.5) is 17.1 Å². The Kier molecular flexibility index (Phi) is 11.6. The van der Waals surface area contributed by atoms with Crippen molar-refractivity contribution >= 4 is 106 Å². The Labute approximate surface area is 532 Å². The molecule has 0 unspecified atom stereocenters. The fourth-order valence-electron chi connectivity index (χ4n) is 15.1. The maximum atomic E-state index is 10.8. The number of para-hydroxylation sites is 6. The molecule has 2 aliphatic heterocycles. The molecule has 3 aromatic heterocycles. The van der Waals surface area contributed by atoms with Gasteiger partial charge in [0.05, 0.1) is 79.1 Å². The Bertz CT molecular complexity index is 5750. The fraction of sp³-hybridized carbons (Fsp3) is 0.0476. The van der Waals surface area contributed by atoms with Gasteiger partial charge in [0, 0.05) is 66.4 Å². The van der Waals surface area contributed by atoms with E-state index in [1.807, 2.05) is 18.2 Å². The van der Waals surface area contributed by atoms with Crippen LogP contribution in [0.15, 0.2) is 279 Å². The molecule has 430 valence electrons. The zero-order chi connectivity index (χ0) is 61.5. The molecule has 13 aromatic carbocycles. The molecular weight excluding hydrogens is 1120 g/mol. The highest BCUT2D eigenvalue weighted by Crippen LogP contribution is 2.50. The van der Waals surface area contributed by atoms with Crippen LogP contribution in [0.25, 0.3) is 116 Å². The number of aromatic nitrogens is 3. The summed E-state index contributed by atoms with van der Waals surface area (Å²) in [5.74, 6) is 1.49. The first-order chi connectivity index (χ1) is 45.2. The summed E-state index contributed by atoms with van der Waals surface area (Å²) in [6.07, 6.45) is 0. The molecule has 5 heterocycles. The molecular formula is C84H55BN6O. The van der Waals surface area contributed by atoms with Crippen LogP contribution >= 0.6 is 0 Å². The van der Waals surface area contributed by atoms with Crippen molar-refractivity contribution in [2.75, 3.05) is 4.90 Å². The second-order valence-electron chi connectivity index (χ2n) is 25.4. The molecule has 0 aliphatic carbocycles. The average molecular weight is 1180 g/mol. The molecule has 0 saturated heterocycles. The zero-order valence-corrected chi connectivity index (χ0v) is 50.7. The van der Waals surface area contributed by atoms with Crippen LogP contribution in [0.2, 0.25) is 0 Å². The molecule has 92 heavy (non-hydrogen) atoms. The second-order valence-corrected chi connectivity index (χ2v) is 25.4. The van der Waals surface area contributed by atoms with E-state index in [1.54, 1.807) is 0 Å². The molecule has 7 nitrogen and oxygen atoms in total. The second kappa shape index (κ2) is 20.2. The number of nitriles is 2. The summed E-state index contributed by atoms with van der Waals surface area (Å²) in [6, 6.07) is 105. The molecule has 0 amide bonds. The minimum Gasteiger partial charge on any atom is -0.458 e. The number of nitrogens with zero attached hydrogens (tertiary/aromatic N) is 6. The topological polar surface area (TPSA) is 74.8 Å². The molecule has 16 aromatic rings. The summed E-state index contributed by atoms with van der Waals surface area (Å²) in [6.45, 7) is 6.55. The van der Waals surface area contributed by atoms with E-state index in [9.17, 15) is 10.5 Å². The predicted octanol–water partition coefficient (Wildman–Crippen LogP) is 19.4. The monoisotopic (exact) mass is 1170 g/mol. The Morgan fingerprint density at radius 2 is 0.772 bits per heavy atom. The van der Waals surface area contributed by atoms with Gasteiger partial charge in [-0.05, 0) is 147 Å². The number of anilines is 3. The van der Waals surface area contributed by atoms with Gasteiger partial charge in [-0.25, -0.2) is 0 Å². The van der Waals surface area contributed by atoms with Gasteiger partial charge in [0.25, 0.3) is 6.71 Å². The van der Waals surface area contributed by atoms with Crippen molar-refractivity contribution in [2.24, 2.45) is 0 Å². The van der Waals surface area contributed by atoms with Gasteiger partial charge >= 0.3 is 0 Å². The number of hydrogen-bond acceptors (Lipinski definition) is 4. The molecule has 0 fully saturated rings. The normalized spacial score (nSPS) is 12.5. The molecule has 0 saturated carbocycles. The van der Waals surface area contributed by atoms with Gasteiger partial charge in [-0.15, -0.1) is 0 Å². The van der Waals surface area contributed by atoms with E-state index in [1.165, 1.54) is 5.56 Å². The van der Waals surface area contributed by atoms with Crippen LogP contribution in [0.5, 0.6) is 11.5 Å². The van der Waals surface area contributed by atoms with E-state index in [0.717, 1.165) is 161 Å². The summed E-state index contributed by atoms with van der Waals surface area (Å²) in [7, 11) is 0. The SMILES string of the molecule is CC(C)(C)c1ccc(N2c3cc(-c4cc(C#N)ccc4-n4c5ccccc5c5ccccc54)ccc3B3c4ccc(-c5cc(C#N)ccc5-n5c6ccccc6c6ccccc65)cc4Oc4cc(-n5c6ccccc6c6ccccc65)cc2c43)c(-c2ccccc2)c1. The minimum absolute atomic E-state index is 0.152. The van der Waals surface area contributed by atoms with E-state index in [2.05, 4.69) is 312 Å². The van der Waals surface area contributed by atoms with Crippen molar-refractivity contribution in [3.8, 4) is 74.1 Å². The van der Waals surface area contributed by atoms with Gasteiger partial charge in [0.1, 0.15) is 11.5 Å². The first kappa shape index (κ1) is 53.0. The third kappa shape index (κ3) is 7.94. The van der Waals surface area contributed by atoms with Crippen LogP contribution in [-0.4, -0.2) is 20.4 Å². The molecule has 0 bridgehead atoms. The van der Waals surface area contributed by atoms with Crippen LogP contribution in [0, 0.1) is 22.7 Å². The van der Waals surface area contributed by atoms with Crippen molar-refractivity contribution in [3.63, 3.8) is 0 Å². The highest BCUT2D eigenvalue weighted by molar-refractivity contribution is 6.99. The van der Waals surface area contributed by atoms with Crippen molar-refractivity contribution < 1.29 is 4.74 Å². The molecule has 0 atom stereocenters. The number of ether oxygens (including phenoxy) is 1. The fourth-order valence-corrected chi connectivity index (χ4v) is 15.1. The third-order valence-electron chi connectivity index (χ3n) is 19.3. The van der Waals surface area contributed by atoms with Crippen LogP contribution in [-0.2, 0) is 5.41 Å². The predicted molar refractivity (Wildman–Crippen MR) is 380 cm³/mol. The standard InChI is InChI=1S/C84H55BN6O/c1-84(2,3)57-37-42-78(67(47-57)54-19-5-4-6-20-54)91-79-45-55(65-43-52(50-86)33-40-76(65)89-72-29-15-9-23-61(72)62-24-10-16-30-73(62)89)35-38-68(79)85-69-39-36-56(66-44-53(51-87)34-41-77(66)90-74-31-17-11-25-63(74)64-26-12-18-32-75(64)90)46-81(69)92-82-49-58(48-80(91)83(82)85)88-70-27-13-7-21-59(70)60-22-8-14-28-71(60)88/h4-49H,1-3H3. The quantitative estimate of drug-likeness (QED) is 0.149. The molecule has 0 radical (unpaired) electrons. The summed E-state index contributed by atoms with van der Waals surface area (Å²) >= 11 is 0. The smallest absolute Gasteiger partial charge is 0.256 e. The van der Waals surface area contributed by atoms with Gasteiger partial charge in [-0.1, -0.05) is 191 Å². The van der Waals surface area contributed by atoms with E-state index >= 15 is 0 Å².